The van der Waals surface area contributed by atoms with Gasteiger partial charge in [-0.2, -0.15) is 0 Å². The van der Waals surface area contributed by atoms with Crippen molar-refractivity contribution >= 4 is 17.4 Å². The van der Waals surface area contributed by atoms with Crippen LogP contribution in [0.5, 0.6) is 0 Å². The molecule has 0 aliphatic carbocycles. The second-order valence-corrected chi connectivity index (χ2v) is 5.94. The number of nitrogens with zero attached hydrogens (tertiary/aromatic N) is 1. The third-order valence-corrected chi connectivity index (χ3v) is 4.18. The van der Waals surface area contributed by atoms with E-state index in [0.29, 0.717) is 17.9 Å². The minimum Gasteiger partial charge on any atom is -0.340 e. The zero-order valence-corrected chi connectivity index (χ0v) is 14.4. The zero-order valence-electron chi connectivity index (χ0n) is 14.4. The Morgan fingerprint density at radius 3 is 2.46 bits per heavy atom. The van der Waals surface area contributed by atoms with Gasteiger partial charge in [0.1, 0.15) is 5.82 Å². The number of hydrogen-bond acceptors (Lipinski definition) is 2. The minimum absolute atomic E-state index is 0.292. The molecule has 5 heteroatoms. The van der Waals surface area contributed by atoms with Crippen molar-refractivity contribution in [3.63, 3.8) is 0 Å². The third kappa shape index (κ3) is 3.88. The summed E-state index contributed by atoms with van der Waals surface area (Å²) < 4.78 is 14.7. The fourth-order valence-electron chi connectivity index (χ4n) is 2.79. The average Bonchev–Trinajstić information content (AvgIpc) is 3.11. The average molecular weight is 350 g/mol. The lowest BCUT2D eigenvalue weighted by Crippen LogP contribution is -2.25. The number of hydrogen-bond donors (Lipinski definition) is 1. The predicted molar refractivity (Wildman–Crippen MR) is 98.7 cm³/mol. The van der Waals surface area contributed by atoms with E-state index in [-0.39, 0.29) is 5.82 Å². The molecule has 2 aromatic carbocycles. The molecule has 1 amide bonds. The van der Waals surface area contributed by atoms with Crippen molar-refractivity contribution < 1.29 is 14.0 Å². The first-order chi connectivity index (χ1) is 12.6. The molecule has 0 spiro atoms. The van der Waals surface area contributed by atoms with Crippen molar-refractivity contribution in [2.75, 3.05) is 5.32 Å². The van der Waals surface area contributed by atoms with Gasteiger partial charge in [-0.15, -0.1) is 0 Å². The van der Waals surface area contributed by atoms with Gasteiger partial charge in [0, 0.05) is 18.4 Å². The maximum Gasteiger partial charge on any atom is 0.298 e. The van der Waals surface area contributed by atoms with Crippen LogP contribution in [0.3, 0.4) is 0 Å². The van der Waals surface area contributed by atoms with Crippen LogP contribution in [0.4, 0.5) is 10.1 Å². The summed E-state index contributed by atoms with van der Waals surface area (Å²) in [4.78, 5) is 25.0. The van der Waals surface area contributed by atoms with Crippen molar-refractivity contribution in [3.05, 3.63) is 89.5 Å². The van der Waals surface area contributed by atoms with Crippen LogP contribution >= 0.6 is 0 Å². The highest BCUT2D eigenvalue weighted by molar-refractivity contribution is 6.46. The molecule has 0 radical (unpaired) electrons. The Labute approximate surface area is 151 Å². The Balaban J connectivity index is 1.77. The molecule has 0 fully saturated rings. The predicted octanol–water partition coefficient (Wildman–Crippen LogP) is 4.06. The molecule has 0 aliphatic heterocycles. The highest BCUT2D eigenvalue weighted by Gasteiger charge is 2.20. The van der Waals surface area contributed by atoms with Gasteiger partial charge >= 0.3 is 0 Å². The number of Topliss-reactive ketones (excluding diaryl/α,β-unsaturated/α-hetero) is 1. The van der Waals surface area contributed by atoms with Crippen LogP contribution in [0.25, 0.3) is 0 Å². The zero-order chi connectivity index (χ0) is 18.5. The molecule has 0 aliphatic rings. The Morgan fingerprint density at radius 1 is 1.00 bits per heavy atom. The van der Waals surface area contributed by atoms with Crippen LogP contribution in [0.15, 0.2) is 66.9 Å². The summed E-state index contributed by atoms with van der Waals surface area (Å²) in [5.41, 5.74) is 2.74. The maximum atomic E-state index is 13.0. The highest BCUT2D eigenvalue weighted by atomic mass is 19.1. The van der Waals surface area contributed by atoms with Gasteiger partial charge in [-0.1, -0.05) is 37.3 Å². The second-order valence-electron chi connectivity index (χ2n) is 5.94. The summed E-state index contributed by atoms with van der Waals surface area (Å²) >= 11 is 0. The van der Waals surface area contributed by atoms with Crippen LogP contribution in [0.1, 0.15) is 28.5 Å². The number of nitrogens with one attached hydrogen (secondary N) is 1. The van der Waals surface area contributed by atoms with Crippen molar-refractivity contribution in [2.24, 2.45) is 0 Å². The van der Waals surface area contributed by atoms with E-state index in [9.17, 15) is 14.0 Å². The first kappa shape index (κ1) is 17.6. The first-order valence-electron chi connectivity index (χ1n) is 8.41. The van der Waals surface area contributed by atoms with Crippen LogP contribution in [-0.2, 0) is 17.8 Å². The monoisotopic (exact) mass is 350 g/mol. The number of para-hydroxylation sites is 1. The van der Waals surface area contributed by atoms with Crippen LogP contribution < -0.4 is 5.32 Å². The number of halogens is 1. The quantitative estimate of drug-likeness (QED) is 0.538. The Bertz CT molecular complexity index is 929. The molecule has 26 heavy (non-hydrogen) atoms. The van der Waals surface area contributed by atoms with Gasteiger partial charge in [0.15, 0.2) is 0 Å². The smallest absolute Gasteiger partial charge is 0.298 e. The number of aryl methyl sites for hydroxylation is 1. The van der Waals surface area contributed by atoms with Gasteiger partial charge in [-0.05, 0) is 47.9 Å². The molecule has 3 aromatic rings. The van der Waals surface area contributed by atoms with Gasteiger partial charge in [-0.25, -0.2) is 4.39 Å². The van der Waals surface area contributed by atoms with Gasteiger partial charge < -0.3 is 9.88 Å². The van der Waals surface area contributed by atoms with Crippen LogP contribution in [-0.4, -0.2) is 16.3 Å². The summed E-state index contributed by atoms with van der Waals surface area (Å²) in [6.07, 6.45) is 2.48. The maximum absolute atomic E-state index is 13.0. The molecule has 1 aromatic heterocycles. The lowest BCUT2D eigenvalue weighted by atomic mass is 10.1. The molecule has 132 valence electrons. The van der Waals surface area contributed by atoms with E-state index in [1.165, 1.54) is 12.1 Å². The Hall–Kier alpha value is -3.21. The van der Waals surface area contributed by atoms with Crippen LogP contribution in [0, 0.1) is 5.82 Å². The van der Waals surface area contributed by atoms with Gasteiger partial charge in [0.25, 0.3) is 11.7 Å². The van der Waals surface area contributed by atoms with Crippen LogP contribution in [0.2, 0.25) is 0 Å². The van der Waals surface area contributed by atoms with E-state index in [2.05, 4.69) is 5.32 Å². The topological polar surface area (TPSA) is 51.1 Å². The van der Waals surface area contributed by atoms with Crippen molar-refractivity contribution in [2.45, 2.75) is 19.9 Å². The third-order valence-electron chi connectivity index (χ3n) is 4.18. The summed E-state index contributed by atoms with van der Waals surface area (Å²) in [5, 5.41) is 2.70. The van der Waals surface area contributed by atoms with Gasteiger partial charge in [0.2, 0.25) is 0 Å². The molecule has 0 unspecified atom stereocenters. The molecule has 0 saturated heterocycles. The second kappa shape index (κ2) is 7.78. The highest BCUT2D eigenvalue weighted by Crippen LogP contribution is 2.16. The molecule has 1 N–H and O–H groups in total. The number of ketones is 1. The summed E-state index contributed by atoms with van der Waals surface area (Å²) in [6, 6.07) is 16.8. The van der Waals surface area contributed by atoms with Gasteiger partial charge in [-0.3, -0.25) is 9.59 Å². The molecular weight excluding hydrogens is 331 g/mol. The minimum atomic E-state index is -0.676. The first-order valence-corrected chi connectivity index (χ1v) is 8.41. The fraction of sp³-hybridized carbons (Fsp3) is 0.143. The van der Waals surface area contributed by atoms with E-state index in [1.807, 2.05) is 25.1 Å². The van der Waals surface area contributed by atoms with E-state index >= 15 is 0 Å². The molecule has 1 heterocycles. The van der Waals surface area contributed by atoms with Crippen molar-refractivity contribution in [1.82, 2.24) is 4.57 Å². The number of carbonyl (C=O) groups excluding carboxylic acids is 2. The molecule has 0 atom stereocenters. The number of anilines is 1. The normalized spacial score (nSPS) is 10.5. The molecular formula is C21H19FN2O2. The summed E-state index contributed by atoms with van der Waals surface area (Å²) in [7, 11) is 0. The van der Waals surface area contributed by atoms with Crippen molar-refractivity contribution in [3.8, 4) is 0 Å². The number of benzene rings is 2. The standard InChI is InChI=1S/C21H19FN2O2/c1-2-16-6-3-4-7-18(16)23-21(26)20(25)19-8-5-13-24(19)14-15-9-11-17(22)12-10-15/h3-13H,2,14H2,1H3,(H,23,26). The van der Waals surface area contributed by atoms with Gasteiger partial charge in [0.05, 0.1) is 5.69 Å². The lowest BCUT2D eigenvalue weighted by molar-refractivity contribution is -0.112. The molecule has 0 saturated carbocycles. The Kier molecular flexibility index (Phi) is 5.27. The molecule has 3 rings (SSSR count). The SMILES string of the molecule is CCc1ccccc1NC(=O)C(=O)c1cccn1Cc1ccc(F)cc1. The summed E-state index contributed by atoms with van der Waals surface area (Å²) in [5.74, 6) is -1.60. The van der Waals surface area contributed by atoms with E-state index in [1.54, 1.807) is 41.1 Å². The molecule has 4 nitrogen and oxygen atoms in total. The number of aromatic nitrogens is 1. The van der Waals surface area contributed by atoms with Crippen molar-refractivity contribution in [1.29, 1.82) is 0 Å². The Morgan fingerprint density at radius 2 is 1.73 bits per heavy atom. The number of carbonyl (C=O) groups is 2. The summed E-state index contributed by atoms with van der Waals surface area (Å²) in [6.45, 7) is 2.37. The van der Waals surface area contributed by atoms with E-state index in [0.717, 1.165) is 17.5 Å². The van der Waals surface area contributed by atoms with E-state index < -0.39 is 11.7 Å². The number of rotatable bonds is 6. The number of amides is 1. The lowest BCUT2D eigenvalue weighted by Gasteiger charge is -2.11. The fourth-order valence-corrected chi connectivity index (χ4v) is 2.79. The van der Waals surface area contributed by atoms with E-state index in [4.69, 9.17) is 0 Å². The largest absolute Gasteiger partial charge is 0.340 e. The molecule has 0 bridgehead atoms.